The number of carbonyl (C=O) groups excluding carboxylic acids is 1. The van der Waals surface area contributed by atoms with Crippen molar-refractivity contribution in [3.05, 3.63) is 88.2 Å². The molecule has 0 saturated carbocycles. The summed E-state index contributed by atoms with van der Waals surface area (Å²) in [5, 5.41) is 3.53. The minimum absolute atomic E-state index is 0.150. The number of aromatic nitrogens is 2. The van der Waals surface area contributed by atoms with E-state index >= 15 is 0 Å². The summed E-state index contributed by atoms with van der Waals surface area (Å²) >= 11 is 1.26. The van der Waals surface area contributed by atoms with Crippen molar-refractivity contribution >= 4 is 34.3 Å². The van der Waals surface area contributed by atoms with Gasteiger partial charge in [0.25, 0.3) is 5.56 Å². The molecule has 4 rings (SSSR count). The molecule has 3 aromatic carbocycles. The number of nitrogens with zero attached hydrogens (tertiary/aromatic N) is 2. The molecule has 174 valence electrons. The molecule has 1 atom stereocenters. The number of ether oxygens (including phenoxy) is 1. The van der Waals surface area contributed by atoms with Gasteiger partial charge in [0.15, 0.2) is 5.16 Å². The molecule has 34 heavy (non-hydrogen) atoms. The Morgan fingerprint density at radius 3 is 2.38 bits per heavy atom. The second kappa shape index (κ2) is 10.1. The highest BCUT2D eigenvalue weighted by Crippen LogP contribution is 2.28. The van der Waals surface area contributed by atoms with Gasteiger partial charge in [-0.2, -0.15) is 0 Å². The van der Waals surface area contributed by atoms with Crippen LogP contribution in [0.3, 0.4) is 0 Å². The van der Waals surface area contributed by atoms with Crippen molar-refractivity contribution in [2.75, 3.05) is 11.9 Å². The average molecular weight is 474 g/mol. The van der Waals surface area contributed by atoms with Crippen LogP contribution in [-0.4, -0.2) is 27.3 Å². The van der Waals surface area contributed by atoms with E-state index in [4.69, 9.17) is 9.72 Å². The van der Waals surface area contributed by atoms with Gasteiger partial charge in [0.1, 0.15) is 5.75 Å². The zero-order valence-corrected chi connectivity index (χ0v) is 20.5. The fraction of sp³-hybridized carbons (Fsp3) is 0.222. The first-order valence-corrected chi connectivity index (χ1v) is 12.1. The highest BCUT2D eigenvalue weighted by atomic mass is 32.2. The number of anilines is 1. The van der Waals surface area contributed by atoms with Crippen molar-refractivity contribution in [3.8, 4) is 11.4 Å². The average Bonchev–Trinajstić information content (AvgIpc) is 2.82. The molecule has 0 bridgehead atoms. The number of para-hydroxylation sites is 2. The molecule has 0 aliphatic rings. The summed E-state index contributed by atoms with van der Waals surface area (Å²) in [6.07, 6.45) is 0. The number of carbonyl (C=O) groups is 1. The molecule has 7 heteroatoms. The number of fused-ring (bicyclic) bond motifs is 1. The molecule has 1 N–H and O–H groups in total. The lowest BCUT2D eigenvalue weighted by Gasteiger charge is -2.18. The van der Waals surface area contributed by atoms with Crippen LogP contribution in [0.4, 0.5) is 5.69 Å². The van der Waals surface area contributed by atoms with Crippen LogP contribution in [0.2, 0.25) is 0 Å². The summed E-state index contributed by atoms with van der Waals surface area (Å²) in [6.45, 7) is 8.23. The number of benzene rings is 3. The van der Waals surface area contributed by atoms with E-state index in [2.05, 4.69) is 5.32 Å². The van der Waals surface area contributed by atoms with E-state index in [1.54, 1.807) is 10.6 Å². The Labute approximate surface area is 203 Å². The third kappa shape index (κ3) is 4.84. The maximum absolute atomic E-state index is 13.5. The normalized spacial score (nSPS) is 11.9. The van der Waals surface area contributed by atoms with E-state index in [0.717, 1.165) is 22.6 Å². The molecule has 1 aromatic heterocycles. The van der Waals surface area contributed by atoms with Gasteiger partial charge in [-0.3, -0.25) is 14.2 Å². The van der Waals surface area contributed by atoms with Crippen LogP contribution in [0.25, 0.3) is 16.6 Å². The van der Waals surface area contributed by atoms with Gasteiger partial charge in [0.05, 0.1) is 28.4 Å². The number of aryl methyl sites for hydroxylation is 2. The van der Waals surface area contributed by atoms with Gasteiger partial charge < -0.3 is 10.1 Å². The van der Waals surface area contributed by atoms with Crippen LogP contribution >= 0.6 is 11.8 Å². The Morgan fingerprint density at radius 1 is 1.03 bits per heavy atom. The number of hydrogen-bond acceptors (Lipinski definition) is 5. The van der Waals surface area contributed by atoms with E-state index in [1.165, 1.54) is 11.8 Å². The predicted octanol–water partition coefficient (Wildman–Crippen LogP) is 5.52. The summed E-state index contributed by atoms with van der Waals surface area (Å²) in [7, 11) is 0. The van der Waals surface area contributed by atoms with Crippen molar-refractivity contribution in [1.82, 2.24) is 9.55 Å². The minimum atomic E-state index is -0.485. The number of amides is 1. The first-order valence-electron chi connectivity index (χ1n) is 11.2. The number of hydrogen-bond donors (Lipinski definition) is 1. The number of nitrogens with one attached hydrogen (secondary N) is 1. The van der Waals surface area contributed by atoms with Gasteiger partial charge in [-0.25, -0.2) is 4.98 Å². The van der Waals surface area contributed by atoms with Crippen LogP contribution in [-0.2, 0) is 4.79 Å². The Kier molecular flexibility index (Phi) is 7.03. The monoisotopic (exact) mass is 473 g/mol. The SMILES string of the molecule is CCOc1ccc(-n2c(S[C@H](C)C(=O)Nc3c(C)cccc3C)nc3ccccc3c2=O)cc1. The quantitative estimate of drug-likeness (QED) is 0.283. The van der Waals surface area contributed by atoms with E-state index in [0.29, 0.717) is 28.4 Å². The third-order valence-corrected chi connectivity index (χ3v) is 6.58. The molecule has 0 aliphatic heterocycles. The molecule has 0 unspecified atom stereocenters. The van der Waals surface area contributed by atoms with Gasteiger partial charge in [-0.1, -0.05) is 42.1 Å². The molecule has 0 fully saturated rings. The lowest BCUT2D eigenvalue weighted by molar-refractivity contribution is -0.115. The maximum atomic E-state index is 13.5. The summed E-state index contributed by atoms with van der Waals surface area (Å²) in [5.74, 6) is 0.576. The molecule has 4 aromatic rings. The van der Waals surface area contributed by atoms with Gasteiger partial charge in [0.2, 0.25) is 5.91 Å². The highest BCUT2D eigenvalue weighted by Gasteiger charge is 2.21. The van der Waals surface area contributed by atoms with E-state index in [9.17, 15) is 9.59 Å². The highest BCUT2D eigenvalue weighted by molar-refractivity contribution is 8.00. The largest absolute Gasteiger partial charge is 0.494 e. The lowest BCUT2D eigenvalue weighted by Crippen LogP contribution is -2.26. The smallest absolute Gasteiger partial charge is 0.266 e. The van der Waals surface area contributed by atoms with Crippen molar-refractivity contribution in [3.63, 3.8) is 0 Å². The van der Waals surface area contributed by atoms with E-state index in [1.807, 2.05) is 88.4 Å². The first kappa shape index (κ1) is 23.6. The summed E-state index contributed by atoms with van der Waals surface area (Å²) in [5.41, 5.74) is 3.90. The molecule has 6 nitrogen and oxygen atoms in total. The molecular formula is C27H27N3O3S. The van der Waals surface area contributed by atoms with Crippen molar-refractivity contribution in [2.24, 2.45) is 0 Å². The maximum Gasteiger partial charge on any atom is 0.266 e. The number of rotatable bonds is 7. The zero-order valence-electron chi connectivity index (χ0n) is 19.7. The summed E-state index contributed by atoms with van der Waals surface area (Å²) in [4.78, 5) is 31.3. The van der Waals surface area contributed by atoms with Gasteiger partial charge in [0, 0.05) is 5.69 Å². The van der Waals surface area contributed by atoms with E-state index < -0.39 is 5.25 Å². The van der Waals surface area contributed by atoms with Gasteiger partial charge in [-0.15, -0.1) is 0 Å². The first-order chi connectivity index (χ1) is 16.4. The van der Waals surface area contributed by atoms with Crippen molar-refractivity contribution in [1.29, 1.82) is 0 Å². The Balaban J connectivity index is 1.71. The minimum Gasteiger partial charge on any atom is -0.494 e. The van der Waals surface area contributed by atoms with Gasteiger partial charge >= 0.3 is 0 Å². The fourth-order valence-electron chi connectivity index (χ4n) is 3.73. The zero-order chi connectivity index (χ0) is 24.2. The third-order valence-electron chi connectivity index (χ3n) is 5.53. The lowest BCUT2D eigenvalue weighted by atomic mass is 10.1. The Morgan fingerprint density at radius 2 is 1.71 bits per heavy atom. The topological polar surface area (TPSA) is 73.2 Å². The van der Waals surface area contributed by atoms with Gasteiger partial charge in [-0.05, 0) is 75.2 Å². The van der Waals surface area contributed by atoms with Crippen LogP contribution in [0.1, 0.15) is 25.0 Å². The second-order valence-electron chi connectivity index (χ2n) is 8.00. The van der Waals surface area contributed by atoms with E-state index in [-0.39, 0.29) is 11.5 Å². The molecule has 0 saturated heterocycles. The molecule has 0 aliphatic carbocycles. The molecular weight excluding hydrogens is 446 g/mol. The number of thioether (sulfide) groups is 1. The predicted molar refractivity (Wildman–Crippen MR) is 138 cm³/mol. The summed E-state index contributed by atoms with van der Waals surface area (Å²) < 4.78 is 7.10. The van der Waals surface area contributed by atoms with Crippen molar-refractivity contribution < 1.29 is 9.53 Å². The standard InChI is InChI=1S/C27H27N3O3S/c1-5-33-21-15-13-20(14-16-21)30-26(32)22-11-6-7-12-23(22)28-27(30)34-19(4)25(31)29-24-17(2)9-8-10-18(24)3/h6-16,19H,5H2,1-4H3,(H,29,31)/t19-/m1/s1. The molecule has 1 heterocycles. The Bertz CT molecular complexity index is 1380. The fourth-order valence-corrected chi connectivity index (χ4v) is 4.65. The molecule has 1 amide bonds. The second-order valence-corrected chi connectivity index (χ2v) is 9.30. The molecule has 0 radical (unpaired) electrons. The summed E-state index contributed by atoms with van der Waals surface area (Å²) in [6, 6.07) is 20.5. The van der Waals surface area contributed by atoms with Crippen LogP contribution < -0.4 is 15.6 Å². The Hall–Kier alpha value is -3.58. The molecule has 0 spiro atoms. The van der Waals surface area contributed by atoms with Crippen LogP contribution in [0, 0.1) is 13.8 Å². The van der Waals surface area contributed by atoms with Crippen LogP contribution in [0.5, 0.6) is 5.75 Å². The van der Waals surface area contributed by atoms with Crippen LogP contribution in [0.15, 0.2) is 76.7 Å². The van der Waals surface area contributed by atoms with Crippen molar-refractivity contribution in [2.45, 2.75) is 38.1 Å².